The monoisotopic (exact) mass is 160 g/mol. The molecule has 2 aliphatic carbocycles. The Kier molecular flexibility index (Phi) is 2.16. The zero-order valence-electron chi connectivity index (χ0n) is 7.55. The molecule has 12 heavy (non-hydrogen) atoms. The zero-order chi connectivity index (χ0) is 8.39. The maximum Gasteiger partial charge on any atom is -0.00916 e. The first-order valence-electron chi connectivity index (χ1n) is 4.94. The summed E-state index contributed by atoms with van der Waals surface area (Å²) in [6.45, 7) is 3.87. The standard InChI is InChI=1S/C12H16/c1-2-10-8-5-9-12(10)11-6-3-4-7-11/h2,5,9,11H,1,3-4,6-8H2. The molecule has 0 heterocycles. The van der Waals surface area contributed by atoms with Crippen molar-refractivity contribution in [2.24, 2.45) is 5.92 Å². The van der Waals surface area contributed by atoms with Gasteiger partial charge >= 0.3 is 0 Å². The van der Waals surface area contributed by atoms with Gasteiger partial charge in [0, 0.05) is 0 Å². The van der Waals surface area contributed by atoms with Crippen molar-refractivity contribution in [3.63, 3.8) is 0 Å². The molecule has 0 amide bonds. The summed E-state index contributed by atoms with van der Waals surface area (Å²) in [4.78, 5) is 0. The van der Waals surface area contributed by atoms with Crippen molar-refractivity contribution in [1.82, 2.24) is 0 Å². The molecule has 1 fully saturated rings. The molecule has 0 aromatic rings. The summed E-state index contributed by atoms with van der Waals surface area (Å²) in [7, 11) is 0. The first kappa shape index (κ1) is 7.85. The SMILES string of the molecule is C=CC1=C(C2CCCC2)C=CC1. The van der Waals surface area contributed by atoms with Gasteiger partial charge in [0.2, 0.25) is 0 Å². The second kappa shape index (κ2) is 3.30. The van der Waals surface area contributed by atoms with Gasteiger partial charge in [0.1, 0.15) is 0 Å². The van der Waals surface area contributed by atoms with E-state index in [1.807, 2.05) is 6.08 Å². The summed E-state index contributed by atoms with van der Waals surface area (Å²) >= 11 is 0. The number of allylic oxidation sites excluding steroid dienone is 5. The van der Waals surface area contributed by atoms with Crippen LogP contribution in [-0.2, 0) is 0 Å². The molecule has 0 spiro atoms. The van der Waals surface area contributed by atoms with Crippen LogP contribution in [0.3, 0.4) is 0 Å². The minimum absolute atomic E-state index is 0.858. The molecule has 0 heteroatoms. The van der Waals surface area contributed by atoms with E-state index in [-0.39, 0.29) is 0 Å². The zero-order valence-corrected chi connectivity index (χ0v) is 7.55. The van der Waals surface area contributed by atoms with Crippen LogP contribution in [-0.4, -0.2) is 0 Å². The normalized spacial score (nSPS) is 24.0. The molecule has 1 saturated carbocycles. The van der Waals surface area contributed by atoms with Crippen molar-refractivity contribution in [2.45, 2.75) is 32.1 Å². The lowest BCUT2D eigenvalue weighted by molar-refractivity contribution is 0.655. The Morgan fingerprint density at radius 1 is 1.33 bits per heavy atom. The van der Waals surface area contributed by atoms with Crippen LogP contribution in [0.25, 0.3) is 0 Å². The van der Waals surface area contributed by atoms with Crippen molar-refractivity contribution in [1.29, 1.82) is 0 Å². The Morgan fingerprint density at radius 3 is 2.75 bits per heavy atom. The largest absolute Gasteiger partial charge is 0.0988 e. The molecule has 0 saturated heterocycles. The van der Waals surface area contributed by atoms with Gasteiger partial charge in [-0.15, -0.1) is 0 Å². The summed E-state index contributed by atoms with van der Waals surface area (Å²) in [5.41, 5.74) is 3.06. The molecule has 64 valence electrons. The molecular formula is C12H16. The van der Waals surface area contributed by atoms with Gasteiger partial charge in [-0.05, 0) is 36.3 Å². The summed E-state index contributed by atoms with van der Waals surface area (Å²) < 4.78 is 0. The third kappa shape index (κ3) is 1.26. The first-order chi connectivity index (χ1) is 5.92. The fraction of sp³-hybridized carbons (Fsp3) is 0.500. The van der Waals surface area contributed by atoms with E-state index in [0.717, 1.165) is 12.3 Å². The number of rotatable bonds is 2. The van der Waals surface area contributed by atoms with E-state index < -0.39 is 0 Å². The van der Waals surface area contributed by atoms with Crippen LogP contribution in [0.4, 0.5) is 0 Å². The van der Waals surface area contributed by atoms with E-state index in [1.54, 1.807) is 5.57 Å². The fourth-order valence-corrected chi connectivity index (χ4v) is 2.37. The summed E-state index contributed by atoms with van der Waals surface area (Å²) in [5, 5.41) is 0. The van der Waals surface area contributed by atoms with Crippen molar-refractivity contribution in [3.05, 3.63) is 36.0 Å². The molecule has 0 nitrogen and oxygen atoms in total. The van der Waals surface area contributed by atoms with Crippen LogP contribution >= 0.6 is 0 Å². The van der Waals surface area contributed by atoms with Crippen molar-refractivity contribution >= 4 is 0 Å². The first-order valence-corrected chi connectivity index (χ1v) is 4.94. The lowest BCUT2D eigenvalue weighted by Gasteiger charge is -2.10. The topological polar surface area (TPSA) is 0 Å². The summed E-state index contributed by atoms with van der Waals surface area (Å²) in [5.74, 6) is 0.858. The Hall–Kier alpha value is -0.780. The van der Waals surface area contributed by atoms with E-state index in [4.69, 9.17) is 0 Å². The van der Waals surface area contributed by atoms with Crippen LogP contribution in [0.15, 0.2) is 36.0 Å². The Labute approximate surface area is 74.7 Å². The summed E-state index contributed by atoms with van der Waals surface area (Å²) in [6.07, 6.45) is 13.4. The van der Waals surface area contributed by atoms with Gasteiger partial charge in [0.05, 0.1) is 0 Å². The second-order valence-corrected chi connectivity index (χ2v) is 3.77. The van der Waals surface area contributed by atoms with E-state index in [0.29, 0.717) is 0 Å². The van der Waals surface area contributed by atoms with E-state index in [1.165, 1.54) is 31.3 Å². The third-order valence-electron chi connectivity index (χ3n) is 3.05. The van der Waals surface area contributed by atoms with E-state index in [2.05, 4.69) is 18.7 Å². The molecule has 0 unspecified atom stereocenters. The van der Waals surface area contributed by atoms with Gasteiger partial charge in [0.15, 0.2) is 0 Å². The Balaban J connectivity index is 2.18. The van der Waals surface area contributed by atoms with Crippen molar-refractivity contribution in [3.8, 4) is 0 Å². The smallest absolute Gasteiger partial charge is 0.00916 e. The highest BCUT2D eigenvalue weighted by Gasteiger charge is 2.21. The quantitative estimate of drug-likeness (QED) is 0.578. The van der Waals surface area contributed by atoms with E-state index >= 15 is 0 Å². The molecule has 2 rings (SSSR count). The van der Waals surface area contributed by atoms with Crippen LogP contribution in [0.2, 0.25) is 0 Å². The third-order valence-corrected chi connectivity index (χ3v) is 3.05. The van der Waals surface area contributed by atoms with Gasteiger partial charge < -0.3 is 0 Å². The van der Waals surface area contributed by atoms with Crippen molar-refractivity contribution in [2.75, 3.05) is 0 Å². The molecule has 0 radical (unpaired) electrons. The second-order valence-electron chi connectivity index (χ2n) is 3.77. The molecule has 0 N–H and O–H groups in total. The lowest BCUT2D eigenvalue weighted by atomic mass is 9.95. The molecule has 0 aromatic heterocycles. The van der Waals surface area contributed by atoms with Crippen LogP contribution in [0, 0.1) is 5.92 Å². The predicted molar refractivity (Wildman–Crippen MR) is 52.9 cm³/mol. The van der Waals surface area contributed by atoms with Gasteiger partial charge in [-0.1, -0.05) is 37.6 Å². The molecule has 0 atom stereocenters. The molecular weight excluding hydrogens is 144 g/mol. The van der Waals surface area contributed by atoms with Crippen molar-refractivity contribution < 1.29 is 0 Å². The minimum atomic E-state index is 0.858. The fourth-order valence-electron chi connectivity index (χ4n) is 2.37. The van der Waals surface area contributed by atoms with Crippen LogP contribution in [0.1, 0.15) is 32.1 Å². The summed E-state index contributed by atoms with van der Waals surface area (Å²) in [6, 6.07) is 0. The highest BCUT2D eigenvalue weighted by Crippen LogP contribution is 2.36. The Bertz CT molecular complexity index is 237. The molecule has 0 aromatic carbocycles. The maximum absolute atomic E-state index is 3.87. The van der Waals surface area contributed by atoms with Crippen LogP contribution in [0.5, 0.6) is 0 Å². The Morgan fingerprint density at radius 2 is 2.08 bits per heavy atom. The number of hydrogen-bond acceptors (Lipinski definition) is 0. The minimum Gasteiger partial charge on any atom is -0.0988 e. The van der Waals surface area contributed by atoms with Gasteiger partial charge in [-0.2, -0.15) is 0 Å². The molecule has 0 aliphatic heterocycles. The van der Waals surface area contributed by atoms with Gasteiger partial charge in [0.25, 0.3) is 0 Å². The average Bonchev–Trinajstić information content (AvgIpc) is 2.74. The average molecular weight is 160 g/mol. The highest BCUT2D eigenvalue weighted by atomic mass is 14.3. The lowest BCUT2D eigenvalue weighted by Crippen LogP contribution is -1.96. The van der Waals surface area contributed by atoms with Gasteiger partial charge in [-0.25, -0.2) is 0 Å². The van der Waals surface area contributed by atoms with Crippen LogP contribution < -0.4 is 0 Å². The predicted octanol–water partition coefficient (Wildman–Crippen LogP) is 3.62. The van der Waals surface area contributed by atoms with Gasteiger partial charge in [-0.3, -0.25) is 0 Å². The molecule has 2 aliphatic rings. The van der Waals surface area contributed by atoms with E-state index in [9.17, 15) is 0 Å². The maximum atomic E-state index is 3.87. The molecule has 0 bridgehead atoms. The highest BCUT2D eigenvalue weighted by molar-refractivity contribution is 5.41. The number of hydrogen-bond donors (Lipinski definition) is 0.